The average molecular weight is 339 g/mol. The van der Waals surface area contributed by atoms with Crippen molar-refractivity contribution in [3.8, 4) is 5.88 Å². The zero-order valence-corrected chi connectivity index (χ0v) is 13.7. The van der Waals surface area contributed by atoms with Gasteiger partial charge >= 0.3 is 0 Å². The van der Waals surface area contributed by atoms with E-state index in [1.807, 2.05) is 4.90 Å². The molecule has 4 heterocycles. The van der Waals surface area contributed by atoms with Crippen molar-refractivity contribution in [2.24, 2.45) is 0 Å². The number of aromatic nitrogens is 5. The summed E-state index contributed by atoms with van der Waals surface area (Å²) in [6, 6.07) is 5.29. The van der Waals surface area contributed by atoms with Gasteiger partial charge in [-0.15, -0.1) is 10.2 Å². The molecule has 3 aromatic heterocycles. The van der Waals surface area contributed by atoms with Crippen LogP contribution in [0.3, 0.4) is 0 Å². The molecule has 0 N–H and O–H groups in total. The molecule has 0 spiro atoms. The molecule has 0 bridgehead atoms. The number of anilines is 1. The quantitative estimate of drug-likeness (QED) is 0.686. The lowest BCUT2D eigenvalue weighted by atomic mass is 10.2. The van der Waals surface area contributed by atoms with Crippen molar-refractivity contribution >= 4 is 17.5 Å². The molecule has 0 atom stereocenters. The largest absolute Gasteiger partial charge is 0.481 e. The average Bonchev–Trinajstić information content (AvgIpc) is 3.15. The number of hydrogen-bond acceptors (Lipinski definition) is 7. The van der Waals surface area contributed by atoms with Crippen LogP contribution in [0, 0.1) is 0 Å². The Hall–Kier alpha value is -3.23. The maximum absolute atomic E-state index is 12.7. The highest BCUT2D eigenvalue weighted by Gasteiger charge is 2.24. The highest BCUT2D eigenvalue weighted by Crippen LogP contribution is 2.16. The second kappa shape index (κ2) is 6.34. The van der Waals surface area contributed by atoms with Crippen LogP contribution in [-0.2, 0) is 0 Å². The van der Waals surface area contributed by atoms with Gasteiger partial charge < -0.3 is 14.5 Å². The molecular formula is C16H17N7O2. The van der Waals surface area contributed by atoms with Gasteiger partial charge in [-0.25, -0.2) is 4.98 Å². The van der Waals surface area contributed by atoms with E-state index in [0.717, 1.165) is 5.65 Å². The monoisotopic (exact) mass is 339 g/mol. The number of rotatable bonds is 3. The summed E-state index contributed by atoms with van der Waals surface area (Å²) in [5.41, 5.74) is 1.34. The summed E-state index contributed by atoms with van der Waals surface area (Å²) in [4.78, 5) is 25.2. The maximum Gasteiger partial charge on any atom is 0.255 e. The molecule has 1 saturated heterocycles. The topological polar surface area (TPSA) is 88.8 Å². The number of pyridine rings is 1. The van der Waals surface area contributed by atoms with Crippen molar-refractivity contribution in [2.45, 2.75) is 0 Å². The summed E-state index contributed by atoms with van der Waals surface area (Å²) in [6.07, 6.45) is 5.02. The summed E-state index contributed by atoms with van der Waals surface area (Å²) in [5.74, 6) is 1.16. The first-order chi connectivity index (χ1) is 12.2. The first-order valence-corrected chi connectivity index (χ1v) is 7.95. The SMILES string of the molecule is COc1ccnc(N2CCN(C(=O)c3ccc4nncn4c3)CC2)n1. The zero-order valence-electron chi connectivity index (χ0n) is 13.7. The number of amides is 1. The van der Waals surface area contributed by atoms with E-state index in [2.05, 4.69) is 25.1 Å². The van der Waals surface area contributed by atoms with Crippen LogP contribution >= 0.6 is 0 Å². The van der Waals surface area contributed by atoms with Crippen LogP contribution in [0.4, 0.5) is 5.95 Å². The Balaban J connectivity index is 1.44. The van der Waals surface area contributed by atoms with Crippen molar-refractivity contribution in [1.29, 1.82) is 0 Å². The predicted molar refractivity (Wildman–Crippen MR) is 89.7 cm³/mol. The zero-order chi connectivity index (χ0) is 17.2. The number of carbonyl (C=O) groups is 1. The number of hydrogen-bond donors (Lipinski definition) is 0. The van der Waals surface area contributed by atoms with E-state index in [1.165, 1.54) is 0 Å². The van der Waals surface area contributed by atoms with Gasteiger partial charge in [0.2, 0.25) is 11.8 Å². The number of ether oxygens (including phenoxy) is 1. The molecule has 1 amide bonds. The van der Waals surface area contributed by atoms with Gasteiger partial charge in [0, 0.05) is 44.6 Å². The molecule has 3 aromatic rings. The Labute approximate surface area is 143 Å². The van der Waals surface area contributed by atoms with Gasteiger partial charge in [-0.05, 0) is 12.1 Å². The number of methoxy groups -OCH3 is 1. The minimum atomic E-state index is 0.00168. The van der Waals surface area contributed by atoms with Crippen LogP contribution in [0.15, 0.2) is 36.9 Å². The van der Waals surface area contributed by atoms with Crippen molar-refractivity contribution in [3.63, 3.8) is 0 Å². The smallest absolute Gasteiger partial charge is 0.255 e. The van der Waals surface area contributed by atoms with Crippen LogP contribution in [0.5, 0.6) is 5.88 Å². The van der Waals surface area contributed by atoms with E-state index in [9.17, 15) is 4.79 Å². The molecule has 9 heteroatoms. The minimum Gasteiger partial charge on any atom is -0.481 e. The van der Waals surface area contributed by atoms with E-state index in [-0.39, 0.29) is 5.91 Å². The first kappa shape index (κ1) is 15.3. The van der Waals surface area contributed by atoms with E-state index in [4.69, 9.17) is 4.74 Å². The highest BCUT2D eigenvalue weighted by atomic mass is 16.5. The van der Waals surface area contributed by atoms with Gasteiger partial charge in [0.05, 0.1) is 12.7 Å². The van der Waals surface area contributed by atoms with Gasteiger partial charge in [0.1, 0.15) is 6.33 Å². The van der Waals surface area contributed by atoms with Crippen LogP contribution in [0.1, 0.15) is 10.4 Å². The molecule has 0 saturated carbocycles. The van der Waals surface area contributed by atoms with Crippen molar-refractivity contribution in [3.05, 3.63) is 42.5 Å². The van der Waals surface area contributed by atoms with Gasteiger partial charge in [-0.3, -0.25) is 9.20 Å². The van der Waals surface area contributed by atoms with Gasteiger partial charge in [0.25, 0.3) is 5.91 Å². The maximum atomic E-state index is 12.7. The molecule has 25 heavy (non-hydrogen) atoms. The summed E-state index contributed by atoms with van der Waals surface area (Å²) < 4.78 is 6.88. The third-order valence-electron chi connectivity index (χ3n) is 4.21. The molecule has 0 aromatic carbocycles. The summed E-state index contributed by atoms with van der Waals surface area (Å²) in [7, 11) is 1.58. The number of piperazine rings is 1. The highest BCUT2D eigenvalue weighted by molar-refractivity contribution is 5.94. The van der Waals surface area contributed by atoms with Gasteiger partial charge in [-0.2, -0.15) is 4.98 Å². The molecule has 4 rings (SSSR count). The number of fused-ring (bicyclic) bond motifs is 1. The second-order valence-corrected chi connectivity index (χ2v) is 5.69. The third kappa shape index (κ3) is 2.95. The molecule has 1 aliphatic rings. The normalized spacial score (nSPS) is 14.8. The van der Waals surface area contributed by atoms with Crippen LogP contribution in [0.2, 0.25) is 0 Å². The Bertz CT molecular complexity index is 902. The predicted octanol–water partition coefficient (Wildman–Crippen LogP) is 0.490. The number of nitrogens with zero attached hydrogens (tertiary/aromatic N) is 7. The summed E-state index contributed by atoms with van der Waals surface area (Å²) >= 11 is 0. The lowest BCUT2D eigenvalue weighted by molar-refractivity contribution is 0.0745. The molecule has 1 fully saturated rings. The van der Waals surface area contributed by atoms with Crippen LogP contribution in [-0.4, -0.2) is 68.7 Å². The fourth-order valence-electron chi connectivity index (χ4n) is 2.84. The van der Waals surface area contributed by atoms with Gasteiger partial charge in [-0.1, -0.05) is 0 Å². The fourth-order valence-corrected chi connectivity index (χ4v) is 2.84. The van der Waals surface area contributed by atoms with Crippen molar-refractivity contribution in [1.82, 2.24) is 29.5 Å². The molecule has 0 aliphatic carbocycles. The summed E-state index contributed by atoms with van der Waals surface area (Å²) in [5, 5.41) is 7.78. The molecular weight excluding hydrogens is 322 g/mol. The summed E-state index contributed by atoms with van der Waals surface area (Å²) in [6.45, 7) is 2.57. The van der Waals surface area contributed by atoms with E-state index in [0.29, 0.717) is 43.6 Å². The Morgan fingerprint density at radius 3 is 2.80 bits per heavy atom. The Kier molecular flexibility index (Phi) is 3.88. The van der Waals surface area contributed by atoms with Crippen molar-refractivity contribution < 1.29 is 9.53 Å². The minimum absolute atomic E-state index is 0.00168. The fraction of sp³-hybridized carbons (Fsp3) is 0.312. The second-order valence-electron chi connectivity index (χ2n) is 5.69. The van der Waals surface area contributed by atoms with Gasteiger partial charge in [0.15, 0.2) is 5.65 Å². The van der Waals surface area contributed by atoms with Crippen molar-refractivity contribution in [2.75, 3.05) is 38.2 Å². The molecule has 128 valence electrons. The lowest BCUT2D eigenvalue weighted by Crippen LogP contribution is -2.49. The van der Waals surface area contributed by atoms with E-state index in [1.54, 1.807) is 48.4 Å². The molecule has 1 aliphatic heterocycles. The first-order valence-electron chi connectivity index (χ1n) is 7.95. The van der Waals surface area contributed by atoms with E-state index < -0.39 is 0 Å². The Morgan fingerprint density at radius 2 is 2.00 bits per heavy atom. The molecule has 0 unspecified atom stereocenters. The standard InChI is InChI=1S/C16H17N7O2/c1-25-14-4-5-17-16(19-14)22-8-6-21(7-9-22)15(24)12-2-3-13-20-18-11-23(13)10-12/h2-5,10-11H,6-9H2,1H3. The number of carbonyl (C=O) groups excluding carboxylic acids is 1. The molecule has 9 nitrogen and oxygen atoms in total. The van der Waals surface area contributed by atoms with E-state index >= 15 is 0 Å². The lowest BCUT2D eigenvalue weighted by Gasteiger charge is -2.34. The van der Waals surface area contributed by atoms with Crippen LogP contribution in [0.25, 0.3) is 5.65 Å². The third-order valence-corrected chi connectivity index (χ3v) is 4.21. The Morgan fingerprint density at radius 1 is 1.16 bits per heavy atom. The van der Waals surface area contributed by atoms with Crippen LogP contribution < -0.4 is 9.64 Å². The molecule has 0 radical (unpaired) electrons.